The Balaban J connectivity index is 1.67. The quantitative estimate of drug-likeness (QED) is 0.389. The van der Waals surface area contributed by atoms with E-state index in [2.05, 4.69) is 15.3 Å². The second-order valence-corrected chi connectivity index (χ2v) is 7.98. The number of nitrogens with two attached hydrogens (primary N) is 1. The van der Waals surface area contributed by atoms with Gasteiger partial charge in [-0.1, -0.05) is 48.0 Å². The van der Waals surface area contributed by atoms with Crippen LogP contribution >= 0.6 is 11.6 Å². The summed E-state index contributed by atoms with van der Waals surface area (Å²) in [4.78, 5) is 26.4. The van der Waals surface area contributed by atoms with Crippen molar-refractivity contribution >= 4 is 40.0 Å². The maximum Gasteiger partial charge on any atom is 0.258 e. The summed E-state index contributed by atoms with van der Waals surface area (Å²) in [6.07, 6.45) is 5.21. The predicted octanol–water partition coefficient (Wildman–Crippen LogP) is 5.19. The average molecular weight is 455 g/mol. The molecule has 162 valence electrons. The van der Waals surface area contributed by atoms with Crippen molar-refractivity contribution in [3.63, 3.8) is 0 Å². The summed E-state index contributed by atoms with van der Waals surface area (Å²) in [5.41, 5.74) is 10.1. The van der Waals surface area contributed by atoms with Crippen LogP contribution in [0.1, 0.15) is 10.4 Å². The first kappa shape index (κ1) is 20.7. The summed E-state index contributed by atoms with van der Waals surface area (Å²) >= 11 is 6.54. The molecule has 0 aliphatic rings. The smallest absolute Gasteiger partial charge is 0.258 e. The molecule has 3 N–H and O–H groups in total. The molecule has 0 radical (unpaired) electrons. The van der Waals surface area contributed by atoms with Crippen molar-refractivity contribution in [3.8, 4) is 22.5 Å². The first-order valence-corrected chi connectivity index (χ1v) is 10.6. The minimum Gasteiger partial charge on any atom is -0.381 e. The maximum atomic E-state index is 12.7. The van der Waals surface area contributed by atoms with Crippen LogP contribution in [-0.4, -0.2) is 25.4 Å². The molecule has 0 aliphatic carbocycles. The van der Waals surface area contributed by atoms with Crippen LogP contribution in [0.15, 0.2) is 79.3 Å². The fourth-order valence-corrected chi connectivity index (χ4v) is 3.92. The van der Waals surface area contributed by atoms with Crippen molar-refractivity contribution in [1.29, 1.82) is 0 Å². The second kappa shape index (κ2) is 8.37. The lowest BCUT2D eigenvalue weighted by Gasteiger charge is -2.14. The van der Waals surface area contributed by atoms with Gasteiger partial charge in [-0.25, -0.2) is 9.97 Å². The highest BCUT2D eigenvalue weighted by atomic mass is 35.5. The molecule has 0 bridgehead atoms. The van der Waals surface area contributed by atoms with Gasteiger partial charge in [0.2, 0.25) is 0 Å². The summed E-state index contributed by atoms with van der Waals surface area (Å²) in [6.45, 7) is 0. The van der Waals surface area contributed by atoms with Crippen molar-refractivity contribution in [3.05, 3.63) is 89.8 Å². The number of hydrogen-bond acceptors (Lipinski definition) is 5. The third-order valence-corrected chi connectivity index (χ3v) is 5.52. The van der Waals surface area contributed by atoms with Crippen LogP contribution in [0.25, 0.3) is 33.4 Å². The monoisotopic (exact) mass is 454 g/mol. The van der Waals surface area contributed by atoms with E-state index in [4.69, 9.17) is 22.3 Å². The van der Waals surface area contributed by atoms with Crippen LogP contribution in [0.2, 0.25) is 5.02 Å². The van der Waals surface area contributed by atoms with Gasteiger partial charge in [-0.05, 0) is 24.3 Å². The molecule has 0 saturated carbocycles. The summed E-state index contributed by atoms with van der Waals surface area (Å²) < 4.78 is 1.79. The molecule has 0 aliphatic heterocycles. The third-order valence-electron chi connectivity index (χ3n) is 5.23. The van der Waals surface area contributed by atoms with Crippen molar-refractivity contribution in [2.45, 2.75) is 0 Å². The maximum absolute atomic E-state index is 12.7. The van der Waals surface area contributed by atoms with Crippen molar-refractivity contribution < 1.29 is 4.79 Å². The van der Waals surface area contributed by atoms with Crippen molar-refractivity contribution in [2.75, 3.05) is 11.1 Å². The first-order valence-electron chi connectivity index (χ1n) is 10.2. The SMILES string of the molecule is Cn1ccc(C(=O)Nc2nc(-c3cc(Cl)c4ncccc4c3)c(-c3ccccc3)nc2N)c1. The highest BCUT2D eigenvalue weighted by Gasteiger charge is 2.19. The Morgan fingerprint density at radius 1 is 1.00 bits per heavy atom. The summed E-state index contributed by atoms with van der Waals surface area (Å²) in [6, 6.07) is 18.9. The van der Waals surface area contributed by atoms with Crippen LogP contribution in [-0.2, 0) is 7.05 Å². The van der Waals surface area contributed by atoms with E-state index in [-0.39, 0.29) is 17.5 Å². The number of aryl methyl sites for hydroxylation is 1. The molecule has 3 aromatic heterocycles. The Hall–Kier alpha value is -4.23. The van der Waals surface area contributed by atoms with Crippen molar-refractivity contribution in [2.24, 2.45) is 7.05 Å². The van der Waals surface area contributed by atoms with E-state index in [0.29, 0.717) is 27.5 Å². The molecule has 3 heterocycles. The summed E-state index contributed by atoms with van der Waals surface area (Å²) in [5, 5.41) is 4.15. The van der Waals surface area contributed by atoms with Gasteiger partial charge < -0.3 is 15.6 Å². The Morgan fingerprint density at radius 2 is 1.79 bits per heavy atom. The molecular formula is C25H19ClN6O. The predicted molar refractivity (Wildman–Crippen MR) is 131 cm³/mol. The summed E-state index contributed by atoms with van der Waals surface area (Å²) in [7, 11) is 1.84. The molecule has 7 nitrogen and oxygen atoms in total. The lowest BCUT2D eigenvalue weighted by molar-refractivity contribution is 0.102. The minimum atomic E-state index is -0.323. The number of halogens is 1. The average Bonchev–Trinajstić information content (AvgIpc) is 3.27. The lowest BCUT2D eigenvalue weighted by atomic mass is 10.0. The molecule has 0 spiro atoms. The number of rotatable bonds is 4. The van der Waals surface area contributed by atoms with E-state index in [1.54, 1.807) is 35.3 Å². The van der Waals surface area contributed by atoms with Crippen molar-refractivity contribution in [1.82, 2.24) is 19.5 Å². The van der Waals surface area contributed by atoms with E-state index >= 15 is 0 Å². The van der Waals surface area contributed by atoms with Crippen LogP contribution in [0.4, 0.5) is 11.6 Å². The largest absolute Gasteiger partial charge is 0.381 e. The number of carbonyl (C=O) groups is 1. The number of fused-ring (bicyclic) bond motifs is 1. The van der Waals surface area contributed by atoms with Crippen LogP contribution in [0.5, 0.6) is 0 Å². The molecule has 0 unspecified atom stereocenters. The molecule has 33 heavy (non-hydrogen) atoms. The van der Waals surface area contributed by atoms with E-state index in [1.807, 2.05) is 55.6 Å². The molecule has 0 atom stereocenters. The number of amides is 1. The van der Waals surface area contributed by atoms with Gasteiger partial charge in [-0.2, -0.15) is 0 Å². The van der Waals surface area contributed by atoms with Gasteiger partial charge in [-0.3, -0.25) is 9.78 Å². The Morgan fingerprint density at radius 3 is 2.55 bits per heavy atom. The molecule has 8 heteroatoms. The van der Waals surface area contributed by atoms with Gasteiger partial charge >= 0.3 is 0 Å². The number of nitrogens with zero attached hydrogens (tertiary/aromatic N) is 4. The van der Waals surface area contributed by atoms with E-state index < -0.39 is 0 Å². The molecule has 0 saturated heterocycles. The Bertz CT molecular complexity index is 1500. The zero-order valence-electron chi connectivity index (χ0n) is 17.7. The molecule has 1 amide bonds. The number of anilines is 2. The van der Waals surface area contributed by atoms with Gasteiger partial charge in [0.15, 0.2) is 11.6 Å². The van der Waals surface area contributed by atoms with Crippen LogP contribution in [0.3, 0.4) is 0 Å². The Kier molecular flexibility index (Phi) is 5.24. The summed E-state index contributed by atoms with van der Waals surface area (Å²) in [5.74, 6) is -0.0212. The normalized spacial score (nSPS) is 11.0. The van der Waals surface area contributed by atoms with Gasteiger partial charge in [0.05, 0.1) is 27.5 Å². The zero-order valence-corrected chi connectivity index (χ0v) is 18.4. The standard InChI is InChI=1S/C25H19ClN6O/c1-32-11-9-17(14-32)25(33)31-24-23(27)29-21(15-6-3-2-4-7-15)22(30-24)18-12-16-8-5-10-28-20(16)19(26)13-18/h2-14H,1H3,(H2,27,29)(H,30,31,33). The number of nitrogens with one attached hydrogen (secondary N) is 1. The molecule has 5 aromatic rings. The number of nitrogen functional groups attached to an aromatic ring is 1. The van der Waals surface area contributed by atoms with Crippen LogP contribution in [0, 0.1) is 0 Å². The number of hydrogen-bond donors (Lipinski definition) is 2. The van der Waals surface area contributed by atoms with E-state index in [9.17, 15) is 4.79 Å². The van der Waals surface area contributed by atoms with Gasteiger partial charge in [0, 0.05) is 42.2 Å². The van der Waals surface area contributed by atoms with Gasteiger partial charge in [0.25, 0.3) is 5.91 Å². The van der Waals surface area contributed by atoms with E-state index in [1.165, 1.54) is 0 Å². The zero-order chi connectivity index (χ0) is 22.9. The van der Waals surface area contributed by atoms with Gasteiger partial charge in [-0.15, -0.1) is 0 Å². The minimum absolute atomic E-state index is 0.121. The molecule has 5 rings (SSSR count). The Labute approximate surface area is 194 Å². The highest BCUT2D eigenvalue weighted by molar-refractivity contribution is 6.35. The van der Waals surface area contributed by atoms with E-state index in [0.717, 1.165) is 16.5 Å². The number of aromatic nitrogens is 4. The number of pyridine rings is 1. The van der Waals surface area contributed by atoms with Gasteiger partial charge in [0.1, 0.15) is 0 Å². The fraction of sp³-hybridized carbons (Fsp3) is 0.0400. The number of benzene rings is 2. The highest BCUT2D eigenvalue weighted by Crippen LogP contribution is 2.35. The number of carbonyl (C=O) groups excluding carboxylic acids is 1. The lowest BCUT2D eigenvalue weighted by Crippen LogP contribution is -2.15. The molecule has 0 fully saturated rings. The van der Waals surface area contributed by atoms with Crippen LogP contribution < -0.4 is 11.1 Å². The topological polar surface area (TPSA) is 98.7 Å². The second-order valence-electron chi connectivity index (χ2n) is 7.57. The fourth-order valence-electron chi connectivity index (χ4n) is 3.64. The molecule has 2 aromatic carbocycles. The molecular weight excluding hydrogens is 436 g/mol. The third kappa shape index (κ3) is 4.02. The first-order chi connectivity index (χ1) is 16.0.